The third-order valence-electron chi connectivity index (χ3n) is 3.49. The number of methoxy groups -OCH3 is 1. The van der Waals surface area contributed by atoms with Crippen LogP contribution in [0.1, 0.15) is 13.8 Å². The average Bonchev–Trinajstić information content (AvgIpc) is 2.53. The largest absolute Gasteiger partial charge is 0.497 e. The van der Waals surface area contributed by atoms with E-state index in [0.29, 0.717) is 0 Å². The fraction of sp³-hybridized carbons (Fsp3) is 0.375. The lowest BCUT2D eigenvalue weighted by Gasteiger charge is -2.19. The Hall–Kier alpha value is -2.30. The quantitative estimate of drug-likeness (QED) is 0.887. The molecule has 1 heterocycles. The molecule has 0 spiro atoms. The number of carbonyl (C=O) groups is 1. The average molecular weight is 287 g/mol. The summed E-state index contributed by atoms with van der Waals surface area (Å²) in [4.78, 5) is 18.1. The van der Waals surface area contributed by atoms with Gasteiger partial charge < -0.3 is 15.0 Å². The highest BCUT2D eigenvalue weighted by atomic mass is 16.5. The van der Waals surface area contributed by atoms with Crippen LogP contribution in [0.2, 0.25) is 0 Å². The van der Waals surface area contributed by atoms with Crippen LogP contribution < -0.4 is 10.1 Å². The number of fused-ring (bicyclic) bond motifs is 1. The number of aromatic nitrogens is 1. The molecule has 1 aromatic carbocycles. The van der Waals surface area contributed by atoms with Crippen LogP contribution in [0.25, 0.3) is 10.8 Å². The van der Waals surface area contributed by atoms with Crippen molar-refractivity contribution < 1.29 is 9.53 Å². The van der Waals surface area contributed by atoms with Crippen LogP contribution in [0.5, 0.6) is 5.75 Å². The van der Waals surface area contributed by atoms with E-state index >= 15 is 0 Å². The molecule has 0 bridgehead atoms. The second-order valence-corrected chi connectivity index (χ2v) is 4.67. The minimum atomic E-state index is 0.0762. The fourth-order valence-electron chi connectivity index (χ4n) is 2.27. The number of nitrogens with one attached hydrogen (secondary N) is 1. The van der Waals surface area contributed by atoms with Crippen molar-refractivity contribution in [1.82, 2.24) is 9.88 Å². The lowest BCUT2D eigenvalue weighted by Crippen LogP contribution is -2.35. The van der Waals surface area contributed by atoms with Crippen molar-refractivity contribution in [2.75, 3.05) is 32.1 Å². The van der Waals surface area contributed by atoms with E-state index in [4.69, 9.17) is 4.74 Å². The zero-order valence-corrected chi connectivity index (χ0v) is 12.7. The maximum absolute atomic E-state index is 12.0. The highest BCUT2D eigenvalue weighted by Crippen LogP contribution is 2.25. The molecular weight excluding hydrogens is 266 g/mol. The van der Waals surface area contributed by atoms with Gasteiger partial charge >= 0.3 is 0 Å². The number of hydrogen-bond donors (Lipinski definition) is 1. The molecule has 1 amide bonds. The van der Waals surface area contributed by atoms with Crippen LogP contribution in [-0.4, -0.2) is 42.5 Å². The van der Waals surface area contributed by atoms with Gasteiger partial charge in [-0.1, -0.05) is 0 Å². The molecule has 0 atom stereocenters. The molecule has 5 heteroatoms. The Labute approximate surface area is 124 Å². The molecule has 1 N–H and O–H groups in total. The van der Waals surface area contributed by atoms with E-state index in [0.717, 1.165) is 35.4 Å². The lowest BCUT2D eigenvalue weighted by molar-refractivity contribution is -0.128. The standard InChI is InChI=1S/C16H21N3O2/c1-4-19(5-2)15(20)11-18-16-14-7-6-13(21-3)10-12(14)8-9-17-16/h6-10H,4-5,11H2,1-3H3,(H,17,18). The third kappa shape index (κ3) is 3.42. The number of pyridine rings is 1. The first-order valence-electron chi connectivity index (χ1n) is 7.14. The summed E-state index contributed by atoms with van der Waals surface area (Å²) in [5.41, 5.74) is 0. The number of carbonyl (C=O) groups excluding carboxylic acids is 1. The number of ether oxygens (including phenoxy) is 1. The first-order chi connectivity index (χ1) is 10.2. The van der Waals surface area contributed by atoms with Crippen molar-refractivity contribution in [3.8, 4) is 5.75 Å². The number of benzene rings is 1. The van der Waals surface area contributed by atoms with E-state index in [9.17, 15) is 4.79 Å². The Balaban J connectivity index is 2.17. The first kappa shape index (κ1) is 15.1. The van der Waals surface area contributed by atoms with Gasteiger partial charge in [0.05, 0.1) is 13.7 Å². The van der Waals surface area contributed by atoms with Crippen LogP contribution in [0, 0.1) is 0 Å². The van der Waals surface area contributed by atoms with Gasteiger partial charge in [-0.15, -0.1) is 0 Å². The second-order valence-electron chi connectivity index (χ2n) is 4.67. The predicted molar refractivity (Wildman–Crippen MR) is 84.7 cm³/mol. The molecule has 0 aliphatic carbocycles. The highest BCUT2D eigenvalue weighted by molar-refractivity contribution is 5.93. The molecular formula is C16H21N3O2. The Morgan fingerprint density at radius 3 is 2.71 bits per heavy atom. The van der Waals surface area contributed by atoms with Gasteiger partial charge in [0.1, 0.15) is 11.6 Å². The minimum absolute atomic E-state index is 0.0762. The van der Waals surface area contributed by atoms with Crippen molar-refractivity contribution >= 4 is 22.5 Å². The molecule has 21 heavy (non-hydrogen) atoms. The Morgan fingerprint density at radius 2 is 2.05 bits per heavy atom. The number of nitrogens with zero attached hydrogens (tertiary/aromatic N) is 2. The summed E-state index contributed by atoms with van der Waals surface area (Å²) in [6.45, 7) is 5.64. The summed E-state index contributed by atoms with van der Waals surface area (Å²) in [5, 5.41) is 5.14. The minimum Gasteiger partial charge on any atom is -0.497 e. The SMILES string of the molecule is CCN(CC)C(=O)CNc1nccc2cc(OC)ccc12. The number of anilines is 1. The van der Waals surface area contributed by atoms with Crippen LogP contribution in [0.15, 0.2) is 30.5 Å². The van der Waals surface area contributed by atoms with Crippen LogP contribution in [0.4, 0.5) is 5.82 Å². The molecule has 112 valence electrons. The summed E-state index contributed by atoms with van der Waals surface area (Å²) in [6, 6.07) is 7.72. The van der Waals surface area contributed by atoms with E-state index in [1.807, 2.05) is 38.1 Å². The van der Waals surface area contributed by atoms with Crippen molar-refractivity contribution in [3.05, 3.63) is 30.5 Å². The van der Waals surface area contributed by atoms with E-state index in [-0.39, 0.29) is 12.5 Å². The van der Waals surface area contributed by atoms with Crippen molar-refractivity contribution in [3.63, 3.8) is 0 Å². The summed E-state index contributed by atoms with van der Waals surface area (Å²) < 4.78 is 5.22. The Kier molecular flexibility index (Phi) is 4.98. The normalized spacial score (nSPS) is 10.4. The summed E-state index contributed by atoms with van der Waals surface area (Å²) in [6.07, 6.45) is 1.73. The zero-order chi connectivity index (χ0) is 15.2. The van der Waals surface area contributed by atoms with Gasteiger partial charge in [-0.05, 0) is 43.5 Å². The number of amides is 1. The summed E-state index contributed by atoms with van der Waals surface area (Å²) in [5.74, 6) is 1.60. The Morgan fingerprint density at radius 1 is 1.29 bits per heavy atom. The number of rotatable bonds is 6. The van der Waals surface area contributed by atoms with Crippen LogP contribution in [-0.2, 0) is 4.79 Å². The van der Waals surface area contributed by atoms with Gasteiger partial charge in [-0.25, -0.2) is 4.98 Å². The molecule has 0 saturated heterocycles. The molecule has 0 aliphatic rings. The molecule has 5 nitrogen and oxygen atoms in total. The highest BCUT2D eigenvalue weighted by Gasteiger charge is 2.10. The molecule has 2 rings (SSSR count). The summed E-state index contributed by atoms with van der Waals surface area (Å²) >= 11 is 0. The van der Waals surface area contributed by atoms with Gasteiger partial charge in [0.2, 0.25) is 5.91 Å². The molecule has 0 unspecified atom stereocenters. The smallest absolute Gasteiger partial charge is 0.241 e. The van der Waals surface area contributed by atoms with Gasteiger partial charge in [-0.3, -0.25) is 4.79 Å². The van der Waals surface area contributed by atoms with Gasteiger partial charge in [0.15, 0.2) is 0 Å². The molecule has 0 fully saturated rings. The van der Waals surface area contributed by atoms with E-state index in [1.54, 1.807) is 18.2 Å². The van der Waals surface area contributed by atoms with Gasteiger partial charge in [0, 0.05) is 24.7 Å². The van der Waals surface area contributed by atoms with Gasteiger partial charge in [0.25, 0.3) is 0 Å². The van der Waals surface area contributed by atoms with E-state index in [1.165, 1.54) is 0 Å². The zero-order valence-electron chi connectivity index (χ0n) is 12.7. The molecule has 1 aromatic heterocycles. The molecule has 2 aromatic rings. The van der Waals surface area contributed by atoms with E-state index < -0.39 is 0 Å². The van der Waals surface area contributed by atoms with Crippen LogP contribution >= 0.6 is 0 Å². The lowest BCUT2D eigenvalue weighted by atomic mass is 10.1. The monoisotopic (exact) mass is 287 g/mol. The molecule has 0 radical (unpaired) electrons. The number of hydrogen-bond acceptors (Lipinski definition) is 4. The van der Waals surface area contributed by atoms with Crippen molar-refractivity contribution in [1.29, 1.82) is 0 Å². The summed E-state index contributed by atoms with van der Waals surface area (Å²) in [7, 11) is 1.64. The molecule has 0 saturated carbocycles. The predicted octanol–water partition coefficient (Wildman–Crippen LogP) is 2.52. The fourth-order valence-corrected chi connectivity index (χ4v) is 2.27. The van der Waals surface area contributed by atoms with Crippen molar-refractivity contribution in [2.24, 2.45) is 0 Å². The van der Waals surface area contributed by atoms with E-state index in [2.05, 4.69) is 10.3 Å². The van der Waals surface area contributed by atoms with Crippen LogP contribution in [0.3, 0.4) is 0 Å². The maximum Gasteiger partial charge on any atom is 0.241 e. The number of likely N-dealkylation sites (N-methyl/N-ethyl adjacent to an activating group) is 1. The Bertz CT molecular complexity index is 624. The maximum atomic E-state index is 12.0. The van der Waals surface area contributed by atoms with Crippen molar-refractivity contribution in [2.45, 2.75) is 13.8 Å². The third-order valence-corrected chi connectivity index (χ3v) is 3.49. The molecule has 0 aliphatic heterocycles. The first-order valence-corrected chi connectivity index (χ1v) is 7.14. The second kappa shape index (κ2) is 6.92. The van der Waals surface area contributed by atoms with Gasteiger partial charge in [-0.2, -0.15) is 0 Å². The topological polar surface area (TPSA) is 54.5 Å².